The van der Waals surface area contributed by atoms with Gasteiger partial charge < -0.3 is 13.7 Å². The Morgan fingerprint density at radius 1 is 0.750 bits per heavy atom. The minimum Gasteiger partial charge on any atom is -0.445 e. The van der Waals surface area contributed by atoms with Gasteiger partial charge in [-0.1, -0.05) is 93.1 Å². The molecular formula is C18H19B3O3. The average Bonchev–Trinajstić information content (AvgIpc) is 2.64. The van der Waals surface area contributed by atoms with Gasteiger partial charge in [0, 0.05) is 0 Å². The van der Waals surface area contributed by atoms with Gasteiger partial charge in [0.15, 0.2) is 0 Å². The molecule has 0 aromatic heterocycles. The lowest BCUT2D eigenvalue weighted by Crippen LogP contribution is -2.55. The Hall–Kier alpha value is -2.27. The van der Waals surface area contributed by atoms with E-state index in [0.717, 1.165) is 16.4 Å². The van der Waals surface area contributed by atoms with Crippen molar-refractivity contribution in [3.63, 3.8) is 0 Å². The summed E-state index contributed by atoms with van der Waals surface area (Å²) >= 11 is 0. The molecule has 0 radical (unpaired) electrons. The largest absolute Gasteiger partial charge is 0.467 e. The maximum atomic E-state index is 5.96. The minimum absolute atomic E-state index is 0.573. The number of hydrogen-bond acceptors (Lipinski definition) is 3. The van der Waals surface area contributed by atoms with Crippen LogP contribution in [0.3, 0.4) is 0 Å². The molecular weight excluding hydrogens is 297 g/mol. The second-order valence-electron chi connectivity index (χ2n) is 5.03. The minimum atomic E-state index is -0.627. The topological polar surface area (TPSA) is 27.7 Å². The molecule has 1 fully saturated rings. The molecule has 0 aliphatic carbocycles. The Kier molecular flexibility index (Phi) is 6.88. The van der Waals surface area contributed by atoms with Crippen LogP contribution in [0.4, 0.5) is 0 Å². The van der Waals surface area contributed by atoms with Crippen molar-refractivity contribution < 1.29 is 13.7 Å². The molecule has 1 aliphatic rings. The molecule has 0 amide bonds. The summed E-state index contributed by atoms with van der Waals surface area (Å²) in [5, 5.41) is 0. The smallest absolute Gasteiger partial charge is 0.445 e. The zero-order valence-electron chi connectivity index (χ0n) is 13.6. The molecule has 2 rings (SSSR count). The van der Waals surface area contributed by atoms with Crippen LogP contribution in [0.1, 0.15) is 0 Å². The molecule has 0 saturated carbocycles. The molecule has 0 spiro atoms. The van der Waals surface area contributed by atoms with Crippen LogP contribution >= 0.6 is 0 Å². The van der Waals surface area contributed by atoms with Crippen LogP contribution < -0.4 is 5.46 Å². The second-order valence-corrected chi connectivity index (χ2v) is 5.03. The Labute approximate surface area is 145 Å². The van der Waals surface area contributed by atoms with Crippen LogP contribution in [-0.2, 0) is 13.7 Å². The molecule has 118 valence electrons. The van der Waals surface area contributed by atoms with E-state index in [9.17, 15) is 0 Å². The van der Waals surface area contributed by atoms with Crippen LogP contribution in [0.5, 0.6) is 0 Å². The standard InChI is InChI=1S/C18H19B3O3/c1-5-12-16(7-3)19-22-20(17(8-4)13-6-2)24-21(23-19)18-14-10-9-11-15-18/h5-15H,1-4H2/b16-12+,17-13+. The number of allylic oxidation sites excluding steroid dienone is 8. The summed E-state index contributed by atoms with van der Waals surface area (Å²) in [4.78, 5) is 0. The van der Waals surface area contributed by atoms with Gasteiger partial charge in [-0.05, 0) is 16.4 Å². The van der Waals surface area contributed by atoms with Crippen molar-refractivity contribution in [3.8, 4) is 0 Å². The van der Waals surface area contributed by atoms with Crippen molar-refractivity contribution in [2.45, 2.75) is 0 Å². The summed E-state index contributed by atoms with van der Waals surface area (Å²) in [5.74, 6) is 0. The van der Waals surface area contributed by atoms with Crippen molar-refractivity contribution >= 4 is 26.8 Å². The van der Waals surface area contributed by atoms with Crippen molar-refractivity contribution in [2.24, 2.45) is 0 Å². The highest BCUT2D eigenvalue weighted by molar-refractivity contribution is 6.83. The van der Waals surface area contributed by atoms with Gasteiger partial charge in [0.1, 0.15) is 0 Å². The van der Waals surface area contributed by atoms with Gasteiger partial charge in [-0.15, -0.1) is 0 Å². The van der Waals surface area contributed by atoms with Crippen molar-refractivity contribution in [3.05, 3.63) is 104 Å². The highest BCUT2D eigenvalue weighted by Gasteiger charge is 2.43. The average molecular weight is 316 g/mol. The molecule has 3 nitrogen and oxygen atoms in total. The molecule has 1 aliphatic heterocycles. The molecule has 1 saturated heterocycles. The molecule has 0 atom stereocenters. The van der Waals surface area contributed by atoms with Crippen molar-refractivity contribution in [1.29, 1.82) is 0 Å². The lowest BCUT2D eigenvalue weighted by Gasteiger charge is -2.32. The van der Waals surface area contributed by atoms with Gasteiger partial charge in [0.25, 0.3) is 0 Å². The van der Waals surface area contributed by atoms with Crippen LogP contribution in [0.25, 0.3) is 0 Å². The summed E-state index contributed by atoms with van der Waals surface area (Å²) in [5.41, 5.74) is 2.43. The quantitative estimate of drug-likeness (QED) is 0.571. The molecule has 0 unspecified atom stereocenters. The van der Waals surface area contributed by atoms with E-state index in [-0.39, 0.29) is 0 Å². The van der Waals surface area contributed by atoms with Gasteiger partial charge in [-0.25, -0.2) is 0 Å². The van der Waals surface area contributed by atoms with Crippen molar-refractivity contribution in [1.82, 2.24) is 0 Å². The monoisotopic (exact) mass is 316 g/mol. The molecule has 0 N–H and O–H groups in total. The molecule has 1 aromatic rings. The van der Waals surface area contributed by atoms with Crippen LogP contribution in [0.2, 0.25) is 0 Å². The first-order valence-electron chi connectivity index (χ1n) is 7.65. The third kappa shape index (κ3) is 4.39. The van der Waals surface area contributed by atoms with E-state index in [0.29, 0.717) is 0 Å². The van der Waals surface area contributed by atoms with Gasteiger partial charge >= 0.3 is 21.4 Å². The van der Waals surface area contributed by atoms with Crippen LogP contribution in [0, 0.1) is 0 Å². The second kappa shape index (κ2) is 9.13. The number of hydrogen-bond donors (Lipinski definition) is 0. The zero-order chi connectivity index (χ0) is 17.4. The Morgan fingerprint density at radius 2 is 1.25 bits per heavy atom. The molecule has 1 aromatic carbocycles. The van der Waals surface area contributed by atoms with Gasteiger partial charge in [0.2, 0.25) is 0 Å². The Morgan fingerprint density at radius 3 is 1.67 bits per heavy atom. The first kappa shape index (κ1) is 18.1. The summed E-state index contributed by atoms with van der Waals surface area (Å²) < 4.78 is 17.9. The predicted octanol–water partition coefficient (Wildman–Crippen LogP) is 3.10. The summed E-state index contributed by atoms with van der Waals surface area (Å²) in [6.45, 7) is 15.0. The van der Waals surface area contributed by atoms with Gasteiger partial charge in [-0.3, -0.25) is 0 Å². The fourth-order valence-electron chi connectivity index (χ4n) is 2.27. The summed E-state index contributed by atoms with van der Waals surface area (Å²) in [6.07, 6.45) is 10.3. The Bertz CT molecular complexity index is 629. The highest BCUT2D eigenvalue weighted by atomic mass is 16.7. The summed E-state index contributed by atoms with van der Waals surface area (Å²) in [6, 6.07) is 9.70. The molecule has 6 heteroatoms. The van der Waals surface area contributed by atoms with Crippen LogP contribution in [-0.4, -0.2) is 21.4 Å². The van der Waals surface area contributed by atoms with Gasteiger partial charge in [-0.2, -0.15) is 0 Å². The first-order valence-corrected chi connectivity index (χ1v) is 7.65. The predicted molar refractivity (Wildman–Crippen MR) is 104 cm³/mol. The fourth-order valence-corrected chi connectivity index (χ4v) is 2.27. The molecule has 0 bridgehead atoms. The van der Waals surface area contributed by atoms with E-state index in [1.165, 1.54) is 0 Å². The van der Waals surface area contributed by atoms with Crippen molar-refractivity contribution in [2.75, 3.05) is 0 Å². The van der Waals surface area contributed by atoms with E-state index < -0.39 is 21.4 Å². The maximum absolute atomic E-state index is 5.96. The van der Waals surface area contributed by atoms with E-state index in [1.807, 2.05) is 30.3 Å². The lowest BCUT2D eigenvalue weighted by atomic mass is 9.60. The van der Waals surface area contributed by atoms with E-state index in [2.05, 4.69) is 26.3 Å². The first-order chi connectivity index (χ1) is 11.7. The third-order valence-corrected chi connectivity index (χ3v) is 3.45. The van der Waals surface area contributed by atoms with E-state index in [4.69, 9.17) is 13.7 Å². The molecule has 24 heavy (non-hydrogen) atoms. The van der Waals surface area contributed by atoms with E-state index >= 15 is 0 Å². The maximum Gasteiger partial charge on any atom is 0.467 e. The van der Waals surface area contributed by atoms with Crippen LogP contribution in [0.15, 0.2) is 104 Å². The fraction of sp³-hybridized carbons (Fsp3) is 0. The lowest BCUT2D eigenvalue weighted by molar-refractivity contribution is 0.303. The highest BCUT2D eigenvalue weighted by Crippen LogP contribution is 2.20. The number of benzene rings is 1. The zero-order valence-corrected chi connectivity index (χ0v) is 13.6. The Balaban J connectivity index is 2.36. The van der Waals surface area contributed by atoms with E-state index in [1.54, 1.807) is 36.5 Å². The summed E-state index contributed by atoms with van der Waals surface area (Å²) in [7, 11) is -1.83. The third-order valence-electron chi connectivity index (χ3n) is 3.45. The number of rotatable bonds is 7. The molecule has 1 heterocycles. The SMILES string of the molecule is C=C/C=C(\C=C)B1OB(/C(C=C)=C/C=C)OB(c2ccccc2)O1. The van der Waals surface area contributed by atoms with Gasteiger partial charge in [0.05, 0.1) is 0 Å². The normalized spacial score (nSPS) is 15.9.